The van der Waals surface area contributed by atoms with E-state index in [0.717, 1.165) is 34.2 Å². The number of nitrogens with zero attached hydrogens (tertiary/aromatic N) is 2. The Labute approximate surface area is 189 Å². The normalized spacial score (nSPS) is 12.3. The van der Waals surface area contributed by atoms with Crippen LogP contribution in [0.1, 0.15) is 5.01 Å². The Morgan fingerprint density at radius 1 is 1.00 bits per heavy atom. The lowest BCUT2D eigenvalue weighted by atomic mass is 10.1. The van der Waals surface area contributed by atoms with Crippen LogP contribution < -0.4 is 19.5 Å². The van der Waals surface area contributed by atoms with Crippen LogP contribution in [0.25, 0.3) is 16.8 Å². The summed E-state index contributed by atoms with van der Waals surface area (Å²) in [7, 11) is 0. The van der Waals surface area contributed by atoms with Gasteiger partial charge < -0.3 is 19.5 Å². The van der Waals surface area contributed by atoms with E-state index in [2.05, 4.69) is 16.4 Å². The van der Waals surface area contributed by atoms with Crippen LogP contribution in [0.4, 0.5) is 5.69 Å². The largest absolute Gasteiger partial charge is 0.457 e. The molecule has 156 valence electrons. The maximum absolute atomic E-state index is 9.62. The zero-order valence-corrected chi connectivity index (χ0v) is 17.6. The fraction of sp³-hybridized carbons (Fsp3) is 0.0400. The molecule has 2 heterocycles. The van der Waals surface area contributed by atoms with Crippen molar-refractivity contribution in [3.05, 3.63) is 89.4 Å². The molecule has 1 aliphatic rings. The van der Waals surface area contributed by atoms with Gasteiger partial charge in [0.25, 0.3) is 0 Å². The monoisotopic (exact) mass is 439 g/mol. The number of thiazole rings is 1. The minimum Gasteiger partial charge on any atom is -0.457 e. The Hall–Kier alpha value is -4.28. The highest BCUT2D eigenvalue weighted by atomic mass is 32.1. The molecular weight excluding hydrogens is 422 g/mol. The van der Waals surface area contributed by atoms with Crippen molar-refractivity contribution in [2.45, 2.75) is 0 Å². The Bertz CT molecular complexity index is 1310. The number of para-hydroxylation sites is 1. The van der Waals surface area contributed by atoms with E-state index in [-0.39, 0.29) is 6.79 Å². The fourth-order valence-corrected chi connectivity index (χ4v) is 3.92. The molecule has 1 aromatic heterocycles. The number of aromatic nitrogens is 1. The first-order valence-corrected chi connectivity index (χ1v) is 10.7. The van der Waals surface area contributed by atoms with Gasteiger partial charge in [-0.3, -0.25) is 0 Å². The lowest BCUT2D eigenvalue weighted by Crippen LogP contribution is -1.92. The van der Waals surface area contributed by atoms with Gasteiger partial charge in [-0.1, -0.05) is 18.2 Å². The smallest absolute Gasteiger partial charge is 0.231 e. The maximum atomic E-state index is 9.62. The van der Waals surface area contributed by atoms with Crippen molar-refractivity contribution in [1.82, 2.24) is 4.98 Å². The molecule has 0 fully saturated rings. The van der Waals surface area contributed by atoms with Gasteiger partial charge in [-0.15, -0.1) is 11.3 Å². The molecule has 0 saturated carbocycles. The number of hydrogen-bond acceptors (Lipinski definition) is 7. The summed E-state index contributed by atoms with van der Waals surface area (Å²) in [5.74, 6) is 2.95. The number of rotatable bonds is 6. The molecule has 0 atom stereocenters. The zero-order chi connectivity index (χ0) is 21.8. The molecule has 0 amide bonds. The van der Waals surface area contributed by atoms with Gasteiger partial charge in [0, 0.05) is 22.8 Å². The molecule has 3 aromatic carbocycles. The SMILES string of the molecule is N#CC(=CNc1ccc(Oc2ccccc2)cc1)c1nc(-c2ccc3c(c2)OCO3)cs1. The van der Waals surface area contributed by atoms with Gasteiger partial charge >= 0.3 is 0 Å². The first-order chi connectivity index (χ1) is 15.8. The van der Waals surface area contributed by atoms with E-state index in [0.29, 0.717) is 16.3 Å². The van der Waals surface area contributed by atoms with E-state index in [4.69, 9.17) is 14.2 Å². The molecule has 1 aliphatic heterocycles. The Balaban J connectivity index is 1.28. The molecule has 6 nitrogen and oxygen atoms in total. The number of fused-ring (bicyclic) bond motifs is 1. The fourth-order valence-electron chi connectivity index (χ4n) is 3.13. The average Bonchev–Trinajstić information content (AvgIpc) is 3.51. The lowest BCUT2D eigenvalue weighted by Gasteiger charge is -2.07. The maximum Gasteiger partial charge on any atom is 0.231 e. The van der Waals surface area contributed by atoms with Crippen LogP contribution in [0, 0.1) is 11.3 Å². The summed E-state index contributed by atoms with van der Waals surface area (Å²) in [6, 6.07) is 25.0. The van der Waals surface area contributed by atoms with Gasteiger partial charge in [0.15, 0.2) is 11.5 Å². The topological polar surface area (TPSA) is 76.4 Å². The zero-order valence-electron chi connectivity index (χ0n) is 16.8. The summed E-state index contributed by atoms with van der Waals surface area (Å²) in [6.07, 6.45) is 1.66. The summed E-state index contributed by atoms with van der Waals surface area (Å²) in [5, 5.41) is 15.3. The molecular formula is C25H17N3O3S. The predicted octanol–water partition coefficient (Wildman–Crippen LogP) is 6.31. The van der Waals surface area contributed by atoms with Crippen LogP contribution in [-0.2, 0) is 0 Å². The summed E-state index contributed by atoms with van der Waals surface area (Å²) in [5.41, 5.74) is 2.99. The molecule has 0 unspecified atom stereocenters. The van der Waals surface area contributed by atoms with E-state index in [1.54, 1.807) is 6.20 Å². The number of allylic oxidation sites excluding steroid dienone is 1. The second-order valence-corrected chi connectivity index (χ2v) is 7.72. The van der Waals surface area contributed by atoms with Gasteiger partial charge in [0.05, 0.1) is 5.69 Å². The Kier molecular flexibility index (Phi) is 5.43. The number of nitrogens with one attached hydrogen (secondary N) is 1. The van der Waals surface area contributed by atoms with Crippen LogP contribution in [0.5, 0.6) is 23.0 Å². The third-order valence-corrected chi connectivity index (χ3v) is 5.62. The second kappa shape index (κ2) is 8.84. The van der Waals surface area contributed by atoms with Crippen LogP contribution in [0.15, 0.2) is 84.4 Å². The number of anilines is 1. The summed E-state index contributed by atoms with van der Waals surface area (Å²) < 4.78 is 16.6. The van der Waals surface area contributed by atoms with Gasteiger partial charge in [0.1, 0.15) is 28.1 Å². The first-order valence-electron chi connectivity index (χ1n) is 9.84. The van der Waals surface area contributed by atoms with Crippen molar-refractivity contribution >= 4 is 22.6 Å². The van der Waals surface area contributed by atoms with Crippen molar-refractivity contribution in [3.8, 4) is 40.3 Å². The number of ether oxygens (including phenoxy) is 3. The van der Waals surface area contributed by atoms with Crippen molar-refractivity contribution in [2.24, 2.45) is 0 Å². The van der Waals surface area contributed by atoms with Crippen molar-refractivity contribution in [2.75, 3.05) is 12.1 Å². The number of hydrogen-bond donors (Lipinski definition) is 1. The molecule has 4 aromatic rings. The van der Waals surface area contributed by atoms with Crippen molar-refractivity contribution in [1.29, 1.82) is 5.26 Å². The lowest BCUT2D eigenvalue weighted by molar-refractivity contribution is 0.174. The Morgan fingerprint density at radius 2 is 1.78 bits per heavy atom. The minimum atomic E-state index is 0.230. The third-order valence-electron chi connectivity index (χ3n) is 4.74. The summed E-state index contributed by atoms with van der Waals surface area (Å²) in [6.45, 7) is 0.230. The number of nitriles is 1. The van der Waals surface area contributed by atoms with Crippen LogP contribution >= 0.6 is 11.3 Å². The average molecular weight is 439 g/mol. The van der Waals surface area contributed by atoms with E-state index in [1.165, 1.54) is 11.3 Å². The first kappa shape index (κ1) is 19.7. The molecule has 0 radical (unpaired) electrons. The molecule has 0 saturated heterocycles. The van der Waals surface area contributed by atoms with Crippen LogP contribution in [0.3, 0.4) is 0 Å². The molecule has 1 N–H and O–H groups in total. The van der Waals surface area contributed by atoms with Gasteiger partial charge in [-0.2, -0.15) is 5.26 Å². The number of benzene rings is 3. The van der Waals surface area contributed by atoms with Gasteiger partial charge in [0.2, 0.25) is 6.79 Å². The minimum absolute atomic E-state index is 0.230. The van der Waals surface area contributed by atoms with Crippen molar-refractivity contribution in [3.63, 3.8) is 0 Å². The molecule has 0 bridgehead atoms. The van der Waals surface area contributed by atoms with Crippen LogP contribution in [0.2, 0.25) is 0 Å². The highest BCUT2D eigenvalue weighted by Crippen LogP contribution is 2.36. The molecule has 5 rings (SSSR count). The standard InChI is InChI=1S/C25H17N3O3S/c26-13-18(14-27-19-7-9-21(10-8-19)31-20-4-2-1-3-5-20)25-28-22(15-32-25)17-6-11-23-24(12-17)30-16-29-23/h1-12,14-15,27H,16H2. The van der Waals surface area contributed by atoms with E-state index < -0.39 is 0 Å². The highest BCUT2D eigenvalue weighted by molar-refractivity contribution is 7.11. The second-order valence-electron chi connectivity index (χ2n) is 6.86. The van der Waals surface area contributed by atoms with Gasteiger partial charge in [-0.25, -0.2) is 4.98 Å². The Morgan fingerprint density at radius 3 is 2.59 bits per heavy atom. The van der Waals surface area contributed by atoms with Gasteiger partial charge in [-0.05, 0) is 54.6 Å². The van der Waals surface area contributed by atoms with E-state index >= 15 is 0 Å². The predicted molar refractivity (Wildman–Crippen MR) is 124 cm³/mol. The molecule has 7 heteroatoms. The van der Waals surface area contributed by atoms with Crippen LogP contribution in [-0.4, -0.2) is 11.8 Å². The highest BCUT2D eigenvalue weighted by Gasteiger charge is 2.16. The molecule has 0 spiro atoms. The van der Waals surface area contributed by atoms with Crippen molar-refractivity contribution < 1.29 is 14.2 Å². The van der Waals surface area contributed by atoms with E-state index in [9.17, 15) is 5.26 Å². The molecule has 0 aliphatic carbocycles. The summed E-state index contributed by atoms with van der Waals surface area (Å²) in [4.78, 5) is 4.62. The molecule has 32 heavy (non-hydrogen) atoms. The summed E-state index contributed by atoms with van der Waals surface area (Å²) >= 11 is 1.42. The van der Waals surface area contributed by atoms with E-state index in [1.807, 2.05) is 78.2 Å². The third kappa shape index (κ3) is 4.26. The quantitative estimate of drug-likeness (QED) is 0.355.